The molecule has 9 nitrogen and oxygen atoms in total. The zero-order valence-electron chi connectivity index (χ0n) is 25.6. The van der Waals surface area contributed by atoms with Crippen LogP contribution in [0, 0.1) is 0 Å². The Morgan fingerprint density at radius 2 is 1.52 bits per heavy atom. The first-order valence-electron chi connectivity index (χ1n) is 15.5. The minimum absolute atomic E-state index is 0.122. The monoisotopic (exact) mass is 609 g/mol. The molecule has 0 spiro atoms. The van der Waals surface area contributed by atoms with Crippen molar-refractivity contribution in [1.82, 2.24) is 35.0 Å². The molecular weight excluding hydrogens is 574 g/mol. The van der Waals surface area contributed by atoms with Crippen LogP contribution in [-0.2, 0) is 37.0 Å². The van der Waals surface area contributed by atoms with Crippen molar-refractivity contribution in [3.63, 3.8) is 0 Å². The Kier molecular flexibility index (Phi) is 8.28. The fourth-order valence-corrected chi connectivity index (χ4v) is 6.10. The number of hydrogen-bond donors (Lipinski definition) is 3. The van der Waals surface area contributed by atoms with Gasteiger partial charge in [0, 0.05) is 58.9 Å². The number of nitrogens with one attached hydrogen (secondary N) is 3. The van der Waals surface area contributed by atoms with E-state index in [1.165, 1.54) is 10.9 Å². The van der Waals surface area contributed by atoms with Crippen LogP contribution in [0.4, 0.5) is 0 Å². The number of H-pyrrole nitrogens is 2. The average molecular weight is 610 g/mol. The zero-order valence-corrected chi connectivity index (χ0v) is 25.6. The summed E-state index contributed by atoms with van der Waals surface area (Å²) in [7, 11) is 1.67. The maximum atomic E-state index is 13.5. The predicted octanol–water partition coefficient (Wildman–Crippen LogP) is 6.12. The number of methoxy groups -OCH3 is 1. The highest BCUT2D eigenvalue weighted by molar-refractivity contribution is 5.84. The van der Waals surface area contributed by atoms with Crippen LogP contribution in [0.3, 0.4) is 0 Å². The van der Waals surface area contributed by atoms with Crippen LogP contribution in [-0.4, -0.2) is 42.7 Å². The second-order valence-electron chi connectivity index (χ2n) is 11.4. The summed E-state index contributed by atoms with van der Waals surface area (Å²) >= 11 is 0. The van der Waals surface area contributed by atoms with Crippen molar-refractivity contribution in [1.29, 1.82) is 0 Å². The second-order valence-corrected chi connectivity index (χ2v) is 11.4. The Balaban J connectivity index is 1.25. The lowest BCUT2D eigenvalue weighted by Gasteiger charge is -2.20. The van der Waals surface area contributed by atoms with E-state index in [4.69, 9.17) is 14.9 Å². The molecular formula is C37H35N7O2. The molecule has 0 saturated heterocycles. The van der Waals surface area contributed by atoms with Crippen molar-refractivity contribution < 1.29 is 9.53 Å². The molecule has 3 N–H and O–H groups in total. The molecule has 0 aliphatic rings. The number of fused-ring (bicyclic) bond motifs is 2. The smallest absolute Gasteiger partial charge is 0.226 e. The van der Waals surface area contributed by atoms with Gasteiger partial charge in [0.1, 0.15) is 11.6 Å². The fraction of sp³-hybridized carbons (Fsp3) is 0.189. The van der Waals surface area contributed by atoms with Crippen LogP contribution >= 0.6 is 0 Å². The molecule has 4 heterocycles. The van der Waals surface area contributed by atoms with Crippen LogP contribution < -0.4 is 10.1 Å². The van der Waals surface area contributed by atoms with Gasteiger partial charge in [-0.15, -0.1) is 10.2 Å². The summed E-state index contributed by atoms with van der Waals surface area (Å²) in [5.41, 5.74) is 6.29. The second kappa shape index (κ2) is 13.1. The topological polar surface area (TPSA) is 114 Å². The van der Waals surface area contributed by atoms with Crippen LogP contribution in [0.15, 0.2) is 110 Å². The molecule has 3 aromatic carbocycles. The first-order chi connectivity index (χ1) is 22.6. The Bertz CT molecular complexity index is 2080. The highest BCUT2D eigenvalue weighted by atomic mass is 16.5. The molecule has 7 rings (SSSR count). The van der Waals surface area contributed by atoms with Crippen molar-refractivity contribution in [2.24, 2.45) is 0 Å². The Morgan fingerprint density at radius 1 is 0.826 bits per heavy atom. The van der Waals surface area contributed by atoms with Gasteiger partial charge in [-0.1, -0.05) is 54.6 Å². The number of aromatic amines is 2. The number of hydrogen-bond acceptors (Lipinski definition) is 5. The van der Waals surface area contributed by atoms with Crippen LogP contribution in [0.1, 0.15) is 40.1 Å². The molecule has 0 aliphatic carbocycles. The first kappa shape index (κ1) is 29.0. The lowest BCUT2D eigenvalue weighted by atomic mass is 10.0. The number of nitrogens with zero attached hydrogens (tertiary/aromatic N) is 4. The summed E-state index contributed by atoms with van der Waals surface area (Å²) < 4.78 is 7.57. The molecule has 0 radical (unpaired) electrons. The molecule has 0 aliphatic heterocycles. The van der Waals surface area contributed by atoms with Crippen LogP contribution in [0.2, 0.25) is 0 Å². The molecule has 9 heteroatoms. The van der Waals surface area contributed by atoms with E-state index in [2.05, 4.69) is 73.5 Å². The number of benzene rings is 3. The number of amides is 1. The van der Waals surface area contributed by atoms with E-state index in [0.29, 0.717) is 30.9 Å². The Labute approximate surface area is 266 Å². The molecule has 0 unspecified atom stereocenters. The largest absolute Gasteiger partial charge is 0.497 e. The summed E-state index contributed by atoms with van der Waals surface area (Å²) in [5.74, 6) is 2.25. The van der Waals surface area contributed by atoms with E-state index >= 15 is 0 Å². The molecule has 0 saturated carbocycles. The molecule has 0 fully saturated rings. The number of carbonyl (C=O) groups is 1. The van der Waals surface area contributed by atoms with Crippen molar-refractivity contribution in [3.8, 4) is 5.75 Å². The summed E-state index contributed by atoms with van der Waals surface area (Å²) in [6.07, 6.45) is 8.00. The number of rotatable bonds is 12. The summed E-state index contributed by atoms with van der Waals surface area (Å²) in [4.78, 5) is 24.6. The minimum atomic E-state index is -0.428. The zero-order chi connectivity index (χ0) is 31.3. The highest BCUT2D eigenvalue weighted by Gasteiger charge is 2.25. The average Bonchev–Trinajstić information content (AvgIpc) is 3.81. The highest BCUT2D eigenvalue weighted by Crippen LogP contribution is 2.26. The fourth-order valence-electron chi connectivity index (χ4n) is 6.10. The number of carbonyl (C=O) groups excluding carboxylic acids is 1. The van der Waals surface area contributed by atoms with E-state index < -0.39 is 6.04 Å². The third kappa shape index (κ3) is 6.25. The number of aromatic nitrogens is 6. The summed E-state index contributed by atoms with van der Waals surface area (Å²) in [6, 6.07) is 29.7. The molecule has 1 atom stereocenters. The number of pyridine rings is 1. The van der Waals surface area contributed by atoms with E-state index in [9.17, 15) is 4.79 Å². The van der Waals surface area contributed by atoms with E-state index in [-0.39, 0.29) is 12.3 Å². The van der Waals surface area contributed by atoms with Crippen LogP contribution in [0.25, 0.3) is 21.8 Å². The lowest BCUT2D eigenvalue weighted by Crippen LogP contribution is -2.33. The number of aryl methyl sites for hydroxylation is 2. The molecule has 7 aromatic rings. The van der Waals surface area contributed by atoms with Crippen molar-refractivity contribution in [2.45, 2.75) is 38.3 Å². The van der Waals surface area contributed by atoms with Gasteiger partial charge < -0.3 is 24.6 Å². The SMILES string of the molecule is COc1ccc(Cn2c(CCc3c[nH]c4ccccc34)nnc2[C@@H](Cc2c[nH]c3ccccc23)NC(=O)Cc2ccccn2)cc1. The Morgan fingerprint density at radius 3 is 2.24 bits per heavy atom. The molecule has 230 valence electrons. The summed E-state index contributed by atoms with van der Waals surface area (Å²) in [5, 5.41) is 15.1. The van der Waals surface area contributed by atoms with Gasteiger partial charge in [-0.2, -0.15) is 0 Å². The normalized spacial score (nSPS) is 12.0. The van der Waals surface area contributed by atoms with Gasteiger partial charge in [-0.25, -0.2) is 0 Å². The van der Waals surface area contributed by atoms with Gasteiger partial charge in [0.05, 0.1) is 26.1 Å². The number of para-hydroxylation sites is 2. The summed E-state index contributed by atoms with van der Waals surface area (Å²) in [6.45, 7) is 0.552. The Hall–Kier alpha value is -5.70. The standard InChI is InChI=1S/C37H35N7O2/c1-46-29-16-13-25(14-17-29)24-44-35(18-15-26-22-39-32-11-4-2-9-30(26)32)42-43-37(44)34(41-36(45)21-28-8-6-7-19-38-28)20-27-23-40-33-12-5-3-10-31(27)33/h2-14,16-17,19,22-23,34,39-40H,15,18,20-21,24H2,1H3,(H,41,45)/t34-/m1/s1. The molecule has 0 bridgehead atoms. The van der Waals surface area contributed by atoms with E-state index in [0.717, 1.165) is 45.5 Å². The first-order valence-corrected chi connectivity index (χ1v) is 15.5. The molecule has 4 aromatic heterocycles. The van der Waals surface area contributed by atoms with E-state index in [1.54, 1.807) is 13.3 Å². The van der Waals surface area contributed by atoms with Gasteiger partial charge in [0.2, 0.25) is 5.91 Å². The van der Waals surface area contributed by atoms with Gasteiger partial charge in [-0.05, 0) is 59.5 Å². The third-order valence-corrected chi connectivity index (χ3v) is 8.46. The maximum absolute atomic E-state index is 13.5. The third-order valence-electron chi connectivity index (χ3n) is 8.46. The van der Waals surface area contributed by atoms with Crippen molar-refractivity contribution in [3.05, 3.63) is 144 Å². The quantitative estimate of drug-likeness (QED) is 0.155. The van der Waals surface area contributed by atoms with E-state index in [1.807, 2.05) is 54.7 Å². The lowest BCUT2D eigenvalue weighted by molar-refractivity contribution is -0.121. The molecule has 46 heavy (non-hydrogen) atoms. The van der Waals surface area contributed by atoms with Gasteiger partial charge in [-0.3, -0.25) is 9.78 Å². The predicted molar refractivity (Wildman–Crippen MR) is 179 cm³/mol. The van der Waals surface area contributed by atoms with Crippen molar-refractivity contribution >= 4 is 27.7 Å². The van der Waals surface area contributed by atoms with Crippen molar-refractivity contribution in [2.75, 3.05) is 7.11 Å². The maximum Gasteiger partial charge on any atom is 0.226 e. The van der Waals surface area contributed by atoms with Gasteiger partial charge in [0.15, 0.2) is 5.82 Å². The molecule has 1 amide bonds. The van der Waals surface area contributed by atoms with Gasteiger partial charge >= 0.3 is 0 Å². The number of ether oxygens (including phenoxy) is 1. The minimum Gasteiger partial charge on any atom is -0.497 e. The van der Waals surface area contributed by atoms with Crippen LogP contribution in [0.5, 0.6) is 5.75 Å². The van der Waals surface area contributed by atoms with Gasteiger partial charge in [0.25, 0.3) is 0 Å².